The van der Waals surface area contributed by atoms with Crippen molar-refractivity contribution in [2.24, 2.45) is 0 Å². The second-order valence-electron chi connectivity index (χ2n) is 14.4. The highest BCUT2D eigenvalue weighted by molar-refractivity contribution is 5.76. The zero-order valence-corrected chi connectivity index (χ0v) is 33.2. The van der Waals surface area contributed by atoms with Gasteiger partial charge in [0.05, 0.1) is 25.4 Å². The maximum Gasteiger partial charge on any atom is 0.220 e. The van der Waals surface area contributed by atoms with Crippen molar-refractivity contribution >= 4 is 5.91 Å². The number of aliphatic hydroxyl groups excluding tert-OH is 5. The summed E-state index contributed by atoms with van der Waals surface area (Å²) in [5.41, 5.74) is 0. The molecule has 0 aromatic rings. The first-order valence-corrected chi connectivity index (χ1v) is 21.0. The smallest absolute Gasteiger partial charge is 0.220 e. The Morgan fingerprint density at radius 3 is 1.81 bits per heavy atom. The minimum atomic E-state index is -1.57. The summed E-state index contributed by atoms with van der Waals surface area (Å²) in [7, 11) is 0. The molecule has 7 atom stereocenters. The molecule has 0 spiro atoms. The minimum absolute atomic E-state index is 0.202. The lowest BCUT2D eigenvalue weighted by molar-refractivity contribution is -0.302. The molecular weight excluding hydrogens is 670 g/mol. The summed E-state index contributed by atoms with van der Waals surface area (Å²) in [4.78, 5) is 12.9. The van der Waals surface area contributed by atoms with E-state index in [9.17, 15) is 30.3 Å². The number of carbonyl (C=O) groups excluding carboxylic acids is 1. The normalized spacial score (nSPS) is 22.3. The van der Waals surface area contributed by atoms with Crippen LogP contribution < -0.4 is 5.32 Å². The molecular formula is C44H77NO8. The Labute approximate surface area is 322 Å². The predicted octanol–water partition coefficient (Wildman–Crippen LogP) is 8.05. The molecule has 1 amide bonds. The van der Waals surface area contributed by atoms with Gasteiger partial charge in [-0.25, -0.2) is 0 Å². The third-order valence-electron chi connectivity index (χ3n) is 9.58. The van der Waals surface area contributed by atoms with Crippen molar-refractivity contribution in [1.82, 2.24) is 5.32 Å². The maximum absolute atomic E-state index is 12.9. The molecule has 1 aliphatic rings. The van der Waals surface area contributed by atoms with Gasteiger partial charge in [-0.2, -0.15) is 0 Å². The van der Waals surface area contributed by atoms with Crippen LogP contribution in [0.25, 0.3) is 0 Å². The van der Waals surface area contributed by atoms with Gasteiger partial charge < -0.3 is 40.3 Å². The van der Waals surface area contributed by atoms with Gasteiger partial charge in [-0.05, 0) is 64.2 Å². The molecule has 1 rings (SSSR count). The van der Waals surface area contributed by atoms with Crippen molar-refractivity contribution < 1.29 is 39.8 Å². The van der Waals surface area contributed by atoms with Gasteiger partial charge in [-0.15, -0.1) is 0 Å². The van der Waals surface area contributed by atoms with Gasteiger partial charge in [0.1, 0.15) is 24.4 Å². The Morgan fingerprint density at radius 1 is 0.660 bits per heavy atom. The van der Waals surface area contributed by atoms with Gasteiger partial charge in [-0.1, -0.05) is 145 Å². The number of aliphatic hydroxyl groups is 5. The summed E-state index contributed by atoms with van der Waals surface area (Å²) in [5.74, 6) is -0.202. The summed E-state index contributed by atoms with van der Waals surface area (Å²) < 4.78 is 11.2. The van der Waals surface area contributed by atoms with E-state index in [1.807, 2.05) is 6.08 Å². The SMILES string of the molecule is CC/C=C\C/C=C\C/C=C\CCCCCCCCCC(=O)NC(COC1OC(CO)C(O)C(O)C1O)C(O)/C=C/CC/C=C/CCCCCCCCC. The van der Waals surface area contributed by atoms with Crippen LogP contribution in [-0.2, 0) is 14.3 Å². The zero-order chi connectivity index (χ0) is 38.8. The number of unbranched alkanes of at least 4 members (excludes halogenated alkanes) is 15. The Kier molecular flexibility index (Phi) is 31.7. The van der Waals surface area contributed by atoms with Crippen LogP contribution >= 0.6 is 0 Å². The highest BCUT2D eigenvalue weighted by atomic mass is 16.7. The van der Waals surface area contributed by atoms with Crippen molar-refractivity contribution in [2.75, 3.05) is 13.2 Å². The molecule has 1 aliphatic heterocycles. The fourth-order valence-electron chi connectivity index (χ4n) is 6.18. The second-order valence-corrected chi connectivity index (χ2v) is 14.4. The van der Waals surface area contributed by atoms with E-state index in [-0.39, 0.29) is 12.5 Å². The summed E-state index contributed by atoms with van der Waals surface area (Å²) in [6, 6.07) is -0.827. The van der Waals surface area contributed by atoms with Gasteiger partial charge in [0, 0.05) is 6.42 Å². The zero-order valence-electron chi connectivity index (χ0n) is 33.2. The Morgan fingerprint density at radius 2 is 1.19 bits per heavy atom. The van der Waals surface area contributed by atoms with Gasteiger partial charge in [0.2, 0.25) is 5.91 Å². The predicted molar refractivity (Wildman–Crippen MR) is 216 cm³/mol. The number of rotatable bonds is 33. The quantitative estimate of drug-likeness (QED) is 0.0292. The lowest BCUT2D eigenvalue weighted by Gasteiger charge is -2.40. The number of allylic oxidation sites excluding steroid dienone is 9. The van der Waals surface area contributed by atoms with E-state index in [4.69, 9.17) is 9.47 Å². The van der Waals surface area contributed by atoms with Crippen molar-refractivity contribution in [3.8, 4) is 0 Å². The fraction of sp³-hybridized carbons (Fsp3) is 0.750. The average molecular weight is 748 g/mol. The van der Waals surface area contributed by atoms with Crippen LogP contribution in [0.5, 0.6) is 0 Å². The molecule has 1 saturated heterocycles. The Bertz CT molecular complexity index is 1010. The molecule has 6 N–H and O–H groups in total. The van der Waals surface area contributed by atoms with E-state index in [0.29, 0.717) is 6.42 Å². The van der Waals surface area contributed by atoms with Crippen LogP contribution in [0.2, 0.25) is 0 Å². The second kappa shape index (κ2) is 34.4. The molecule has 306 valence electrons. The van der Waals surface area contributed by atoms with E-state index < -0.39 is 49.5 Å². The lowest BCUT2D eigenvalue weighted by atomic mass is 9.99. The summed E-state index contributed by atoms with van der Waals surface area (Å²) in [5, 5.41) is 54.0. The van der Waals surface area contributed by atoms with Crippen LogP contribution in [0, 0.1) is 0 Å². The van der Waals surface area contributed by atoms with Crippen molar-refractivity contribution in [3.05, 3.63) is 60.8 Å². The molecule has 0 radical (unpaired) electrons. The molecule has 9 nitrogen and oxygen atoms in total. The fourth-order valence-corrected chi connectivity index (χ4v) is 6.18. The van der Waals surface area contributed by atoms with Crippen molar-refractivity contribution in [2.45, 2.75) is 198 Å². The molecule has 0 bridgehead atoms. The Hall–Kier alpha value is -2.11. The highest BCUT2D eigenvalue weighted by Crippen LogP contribution is 2.22. The number of hydrogen-bond acceptors (Lipinski definition) is 8. The summed E-state index contributed by atoms with van der Waals surface area (Å²) >= 11 is 0. The average Bonchev–Trinajstić information content (AvgIpc) is 3.16. The summed E-state index contributed by atoms with van der Waals surface area (Å²) in [6.07, 6.45) is 36.9. The van der Waals surface area contributed by atoms with Crippen LogP contribution in [-0.4, -0.2) is 87.5 Å². The van der Waals surface area contributed by atoms with E-state index in [1.54, 1.807) is 6.08 Å². The van der Waals surface area contributed by atoms with Crippen LogP contribution in [0.1, 0.15) is 155 Å². The van der Waals surface area contributed by atoms with Gasteiger partial charge >= 0.3 is 0 Å². The van der Waals surface area contributed by atoms with Crippen LogP contribution in [0.4, 0.5) is 0 Å². The molecule has 0 saturated carbocycles. The topological polar surface area (TPSA) is 149 Å². The first-order chi connectivity index (χ1) is 25.8. The minimum Gasteiger partial charge on any atom is -0.394 e. The van der Waals surface area contributed by atoms with Gasteiger partial charge in [0.25, 0.3) is 0 Å². The van der Waals surface area contributed by atoms with E-state index in [0.717, 1.165) is 70.6 Å². The van der Waals surface area contributed by atoms with Gasteiger partial charge in [0.15, 0.2) is 6.29 Å². The number of carbonyl (C=O) groups is 1. The monoisotopic (exact) mass is 748 g/mol. The molecule has 1 heterocycles. The number of nitrogens with one attached hydrogen (secondary N) is 1. The maximum atomic E-state index is 12.9. The molecule has 0 aromatic heterocycles. The lowest BCUT2D eigenvalue weighted by Crippen LogP contribution is -2.60. The molecule has 53 heavy (non-hydrogen) atoms. The Balaban J connectivity index is 2.43. The highest BCUT2D eigenvalue weighted by Gasteiger charge is 2.44. The first-order valence-electron chi connectivity index (χ1n) is 21.0. The molecule has 7 unspecified atom stereocenters. The van der Waals surface area contributed by atoms with Crippen molar-refractivity contribution in [3.63, 3.8) is 0 Å². The van der Waals surface area contributed by atoms with E-state index >= 15 is 0 Å². The number of ether oxygens (including phenoxy) is 2. The van der Waals surface area contributed by atoms with Crippen LogP contribution in [0.15, 0.2) is 60.8 Å². The first kappa shape index (κ1) is 48.9. The molecule has 9 heteroatoms. The summed E-state index contributed by atoms with van der Waals surface area (Å²) in [6.45, 7) is 3.60. The van der Waals surface area contributed by atoms with Crippen LogP contribution in [0.3, 0.4) is 0 Å². The number of amides is 1. The molecule has 1 fully saturated rings. The third-order valence-corrected chi connectivity index (χ3v) is 9.58. The van der Waals surface area contributed by atoms with E-state index in [1.165, 1.54) is 64.2 Å². The van der Waals surface area contributed by atoms with Gasteiger partial charge in [-0.3, -0.25) is 4.79 Å². The van der Waals surface area contributed by atoms with Crippen molar-refractivity contribution in [1.29, 1.82) is 0 Å². The molecule has 0 aliphatic carbocycles. The largest absolute Gasteiger partial charge is 0.394 e. The molecule has 0 aromatic carbocycles. The number of hydrogen-bond donors (Lipinski definition) is 6. The standard InChI is InChI=1S/C44H77NO8/c1-3-5-7-9-11-13-15-17-18-19-20-22-24-26-28-30-32-34-40(48)45-37(36-52-44-43(51)42(50)41(49)39(35-46)53-44)38(47)33-31-29-27-25-23-21-16-14-12-10-8-6-4-2/h5,7,11,13,17-18,23,25,31,33,37-39,41-44,46-47,49-51H,3-4,6,8-10,12,14-16,19-22,24,26-30,32,34-36H2,1-2H3,(H,45,48)/b7-5-,13-11-,18-17-,25-23+,33-31+. The van der Waals surface area contributed by atoms with E-state index in [2.05, 4.69) is 67.8 Å². The third kappa shape index (κ3) is 25.6.